The number of amides is 1. The summed E-state index contributed by atoms with van der Waals surface area (Å²) in [6.45, 7) is 2.47. The molecule has 0 spiro atoms. The van der Waals surface area contributed by atoms with Crippen molar-refractivity contribution in [2.24, 2.45) is 5.84 Å². The van der Waals surface area contributed by atoms with Gasteiger partial charge in [0.25, 0.3) is 5.91 Å². The van der Waals surface area contributed by atoms with Crippen LogP contribution in [0.5, 0.6) is 0 Å². The first kappa shape index (κ1) is 13.1. The number of hydrogen-bond donors (Lipinski definition) is 4. The van der Waals surface area contributed by atoms with E-state index in [2.05, 4.69) is 20.7 Å². The molecule has 100 valence electrons. The van der Waals surface area contributed by atoms with Gasteiger partial charge in [-0.15, -0.1) is 0 Å². The van der Waals surface area contributed by atoms with E-state index in [0.29, 0.717) is 12.1 Å². The number of carbonyl (C=O) groups excluding carboxylic acids is 1. The third kappa shape index (κ3) is 3.32. The molecule has 1 heterocycles. The summed E-state index contributed by atoms with van der Waals surface area (Å²) in [6, 6.07) is 5.34. The maximum Gasteiger partial charge on any atom is 0.251 e. The Balaban J connectivity index is 1.91. The van der Waals surface area contributed by atoms with Crippen LogP contribution in [-0.2, 0) is 6.42 Å². The van der Waals surface area contributed by atoms with E-state index in [0.717, 1.165) is 23.4 Å². The third-order valence-corrected chi connectivity index (χ3v) is 2.88. The molecular formula is C13H17N5O. The molecule has 2 rings (SSSR count). The summed E-state index contributed by atoms with van der Waals surface area (Å²) in [4.78, 5) is 18.8. The van der Waals surface area contributed by atoms with E-state index in [1.807, 2.05) is 6.92 Å². The minimum absolute atomic E-state index is 0.0915. The molecule has 0 saturated heterocycles. The van der Waals surface area contributed by atoms with Crippen LogP contribution in [0.3, 0.4) is 0 Å². The SMILES string of the molecule is Cc1cc(C(=O)NCCc2cnc[nH]2)ccc1NN. The van der Waals surface area contributed by atoms with Crippen molar-refractivity contribution in [1.82, 2.24) is 15.3 Å². The number of aromatic amines is 1. The quantitative estimate of drug-likeness (QED) is 0.475. The van der Waals surface area contributed by atoms with E-state index in [-0.39, 0.29) is 5.91 Å². The number of aromatic nitrogens is 2. The smallest absolute Gasteiger partial charge is 0.251 e. The topological polar surface area (TPSA) is 95.8 Å². The molecular weight excluding hydrogens is 242 g/mol. The molecule has 1 aromatic heterocycles. The molecule has 6 nitrogen and oxygen atoms in total. The van der Waals surface area contributed by atoms with Crippen LogP contribution in [-0.4, -0.2) is 22.4 Å². The fourth-order valence-electron chi connectivity index (χ4n) is 1.80. The van der Waals surface area contributed by atoms with E-state index < -0.39 is 0 Å². The zero-order valence-electron chi connectivity index (χ0n) is 10.7. The number of nitrogen functional groups attached to an aromatic ring is 1. The van der Waals surface area contributed by atoms with E-state index in [4.69, 9.17) is 5.84 Å². The van der Waals surface area contributed by atoms with Crippen molar-refractivity contribution in [1.29, 1.82) is 0 Å². The second kappa shape index (κ2) is 6.01. The third-order valence-electron chi connectivity index (χ3n) is 2.88. The summed E-state index contributed by atoms with van der Waals surface area (Å²) in [7, 11) is 0. The van der Waals surface area contributed by atoms with Gasteiger partial charge in [-0.25, -0.2) is 4.98 Å². The maximum atomic E-state index is 11.9. The zero-order chi connectivity index (χ0) is 13.7. The number of hydrogen-bond acceptors (Lipinski definition) is 4. The molecule has 1 aromatic carbocycles. The molecule has 0 aliphatic carbocycles. The highest BCUT2D eigenvalue weighted by Gasteiger charge is 2.07. The second-order valence-corrected chi connectivity index (χ2v) is 4.26. The van der Waals surface area contributed by atoms with Crippen LogP contribution >= 0.6 is 0 Å². The van der Waals surface area contributed by atoms with E-state index in [1.165, 1.54) is 0 Å². The summed E-state index contributed by atoms with van der Waals surface area (Å²) in [5, 5.41) is 2.86. The lowest BCUT2D eigenvalue weighted by molar-refractivity contribution is 0.0954. The van der Waals surface area contributed by atoms with Gasteiger partial charge in [0.15, 0.2) is 0 Å². The van der Waals surface area contributed by atoms with Crippen LogP contribution in [0.1, 0.15) is 21.6 Å². The first-order chi connectivity index (χ1) is 9.20. The normalized spacial score (nSPS) is 10.2. The monoisotopic (exact) mass is 259 g/mol. The average molecular weight is 259 g/mol. The molecule has 0 aliphatic rings. The summed E-state index contributed by atoms with van der Waals surface area (Å²) >= 11 is 0. The minimum atomic E-state index is -0.0915. The number of nitrogens with one attached hydrogen (secondary N) is 3. The van der Waals surface area contributed by atoms with E-state index in [9.17, 15) is 4.79 Å². The molecule has 0 unspecified atom stereocenters. The highest BCUT2D eigenvalue weighted by Crippen LogP contribution is 2.15. The number of anilines is 1. The molecule has 0 aliphatic heterocycles. The Hall–Kier alpha value is -2.34. The minimum Gasteiger partial charge on any atom is -0.352 e. The van der Waals surface area contributed by atoms with Gasteiger partial charge in [-0.2, -0.15) is 0 Å². The molecule has 0 bridgehead atoms. The predicted molar refractivity (Wildman–Crippen MR) is 73.6 cm³/mol. The van der Waals surface area contributed by atoms with Crippen LogP contribution < -0.4 is 16.6 Å². The van der Waals surface area contributed by atoms with Crippen molar-refractivity contribution in [3.8, 4) is 0 Å². The Bertz CT molecular complexity index is 550. The highest BCUT2D eigenvalue weighted by atomic mass is 16.1. The lowest BCUT2D eigenvalue weighted by Crippen LogP contribution is -2.26. The fraction of sp³-hybridized carbons (Fsp3) is 0.231. The highest BCUT2D eigenvalue weighted by molar-refractivity contribution is 5.94. The molecule has 6 heteroatoms. The Morgan fingerprint density at radius 3 is 2.95 bits per heavy atom. The molecule has 0 radical (unpaired) electrons. The van der Waals surface area contributed by atoms with Crippen molar-refractivity contribution in [3.05, 3.63) is 47.5 Å². The number of imidazole rings is 1. The fourth-order valence-corrected chi connectivity index (χ4v) is 1.80. The van der Waals surface area contributed by atoms with Gasteiger partial charge >= 0.3 is 0 Å². The summed E-state index contributed by atoms with van der Waals surface area (Å²) in [5.41, 5.74) is 5.95. The number of aryl methyl sites for hydroxylation is 1. The number of nitrogens with two attached hydrogens (primary N) is 1. The van der Waals surface area contributed by atoms with Crippen LogP contribution in [0.2, 0.25) is 0 Å². The molecule has 0 saturated carbocycles. The molecule has 19 heavy (non-hydrogen) atoms. The number of rotatable bonds is 5. The molecule has 2 aromatic rings. The van der Waals surface area contributed by atoms with Gasteiger partial charge in [0.05, 0.1) is 12.0 Å². The van der Waals surface area contributed by atoms with Gasteiger partial charge in [0, 0.05) is 30.4 Å². The zero-order valence-corrected chi connectivity index (χ0v) is 10.7. The van der Waals surface area contributed by atoms with Gasteiger partial charge in [-0.05, 0) is 30.7 Å². The molecule has 5 N–H and O–H groups in total. The number of benzene rings is 1. The van der Waals surface area contributed by atoms with E-state index in [1.54, 1.807) is 30.7 Å². The lowest BCUT2D eigenvalue weighted by atomic mass is 10.1. The number of carbonyl (C=O) groups is 1. The predicted octanol–water partition coefficient (Wildman–Crippen LogP) is 0.976. The largest absolute Gasteiger partial charge is 0.352 e. The van der Waals surface area contributed by atoms with Crippen molar-refractivity contribution in [2.75, 3.05) is 12.0 Å². The maximum absolute atomic E-state index is 11.9. The molecule has 1 amide bonds. The Labute approximate surface area is 111 Å². The number of nitrogens with zero attached hydrogens (tertiary/aromatic N) is 1. The van der Waals surface area contributed by atoms with Crippen LogP contribution in [0, 0.1) is 6.92 Å². The van der Waals surface area contributed by atoms with Crippen LogP contribution in [0.15, 0.2) is 30.7 Å². The lowest BCUT2D eigenvalue weighted by Gasteiger charge is -2.08. The summed E-state index contributed by atoms with van der Waals surface area (Å²) in [5.74, 6) is 5.26. The Morgan fingerprint density at radius 1 is 1.47 bits per heavy atom. The van der Waals surface area contributed by atoms with Gasteiger partial charge in [0.2, 0.25) is 0 Å². The van der Waals surface area contributed by atoms with Crippen molar-refractivity contribution >= 4 is 11.6 Å². The summed E-state index contributed by atoms with van der Waals surface area (Å²) < 4.78 is 0. The first-order valence-electron chi connectivity index (χ1n) is 6.03. The first-order valence-corrected chi connectivity index (χ1v) is 6.03. The van der Waals surface area contributed by atoms with Gasteiger partial charge in [0.1, 0.15) is 0 Å². The van der Waals surface area contributed by atoms with Crippen LogP contribution in [0.4, 0.5) is 5.69 Å². The second-order valence-electron chi connectivity index (χ2n) is 4.26. The van der Waals surface area contributed by atoms with Crippen molar-refractivity contribution < 1.29 is 4.79 Å². The molecule has 0 fully saturated rings. The van der Waals surface area contributed by atoms with Gasteiger partial charge < -0.3 is 15.7 Å². The summed E-state index contributed by atoms with van der Waals surface area (Å²) in [6.07, 6.45) is 4.10. The standard InChI is InChI=1S/C13H17N5O/c1-9-6-10(2-3-12(9)18-14)13(19)16-5-4-11-7-15-8-17-11/h2-3,6-8,18H,4-5,14H2,1H3,(H,15,17)(H,16,19). The molecule has 0 atom stereocenters. The Morgan fingerprint density at radius 2 is 2.32 bits per heavy atom. The van der Waals surface area contributed by atoms with E-state index >= 15 is 0 Å². The van der Waals surface area contributed by atoms with Gasteiger partial charge in [-0.3, -0.25) is 10.6 Å². The average Bonchev–Trinajstić information content (AvgIpc) is 2.91. The number of H-pyrrole nitrogens is 1. The number of hydrazine groups is 1. The van der Waals surface area contributed by atoms with Gasteiger partial charge in [-0.1, -0.05) is 0 Å². The van der Waals surface area contributed by atoms with Crippen molar-refractivity contribution in [3.63, 3.8) is 0 Å². The van der Waals surface area contributed by atoms with Crippen molar-refractivity contribution in [2.45, 2.75) is 13.3 Å². The van der Waals surface area contributed by atoms with Crippen LogP contribution in [0.25, 0.3) is 0 Å². The Kier molecular flexibility index (Phi) is 4.15.